The van der Waals surface area contributed by atoms with E-state index in [9.17, 15) is 13.2 Å². The fraction of sp³-hybridized carbons (Fsp3) is 0.458. The molecule has 1 aliphatic heterocycles. The molecule has 0 saturated carbocycles. The van der Waals surface area contributed by atoms with E-state index in [-0.39, 0.29) is 17.4 Å². The molecule has 1 heterocycles. The summed E-state index contributed by atoms with van der Waals surface area (Å²) < 4.78 is 37.8. The Morgan fingerprint density at radius 2 is 1.58 bits per heavy atom. The van der Waals surface area contributed by atoms with Crippen molar-refractivity contribution in [3.63, 3.8) is 0 Å². The van der Waals surface area contributed by atoms with Gasteiger partial charge < -0.3 is 14.8 Å². The SMILES string of the molecule is COc1ccc(S(=O)(=O)N2CCN(CCNC(=O)COc3ccc(C(C)C)cc3)CC2)cc1. The highest BCUT2D eigenvalue weighted by Gasteiger charge is 2.28. The van der Waals surface area contributed by atoms with Crippen LogP contribution in [0.3, 0.4) is 0 Å². The highest BCUT2D eigenvalue weighted by molar-refractivity contribution is 7.89. The molecule has 8 nitrogen and oxygen atoms in total. The van der Waals surface area contributed by atoms with Crippen LogP contribution in [0.1, 0.15) is 25.3 Å². The lowest BCUT2D eigenvalue weighted by atomic mass is 10.0. The Morgan fingerprint density at radius 3 is 2.15 bits per heavy atom. The van der Waals surface area contributed by atoms with Gasteiger partial charge in [-0.15, -0.1) is 0 Å². The number of piperazine rings is 1. The molecular formula is C24H33N3O5S. The second kappa shape index (κ2) is 11.5. The lowest BCUT2D eigenvalue weighted by Crippen LogP contribution is -2.50. The van der Waals surface area contributed by atoms with Gasteiger partial charge in [0.2, 0.25) is 10.0 Å². The molecule has 0 aliphatic carbocycles. The minimum absolute atomic E-state index is 0.0328. The van der Waals surface area contributed by atoms with Gasteiger partial charge in [-0.25, -0.2) is 8.42 Å². The van der Waals surface area contributed by atoms with Crippen molar-refractivity contribution in [3.05, 3.63) is 54.1 Å². The lowest BCUT2D eigenvalue weighted by molar-refractivity contribution is -0.123. The summed E-state index contributed by atoms with van der Waals surface area (Å²) >= 11 is 0. The molecule has 33 heavy (non-hydrogen) atoms. The number of nitrogens with one attached hydrogen (secondary N) is 1. The van der Waals surface area contributed by atoms with Crippen LogP contribution in [0.25, 0.3) is 0 Å². The van der Waals surface area contributed by atoms with Crippen molar-refractivity contribution in [1.82, 2.24) is 14.5 Å². The molecule has 180 valence electrons. The molecule has 2 aromatic rings. The molecule has 1 N–H and O–H groups in total. The van der Waals surface area contributed by atoms with Crippen LogP contribution in [-0.4, -0.2) is 76.5 Å². The first-order chi connectivity index (χ1) is 15.8. The van der Waals surface area contributed by atoms with E-state index < -0.39 is 10.0 Å². The van der Waals surface area contributed by atoms with E-state index in [0.717, 1.165) is 0 Å². The van der Waals surface area contributed by atoms with E-state index in [2.05, 4.69) is 24.1 Å². The van der Waals surface area contributed by atoms with Gasteiger partial charge in [0.25, 0.3) is 5.91 Å². The van der Waals surface area contributed by atoms with Crippen molar-refractivity contribution in [1.29, 1.82) is 0 Å². The molecule has 0 unspecified atom stereocenters. The fourth-order valence-electron chi connectivity index (χ4n) is 3.59. The summed E-state index contributed by atoms with van der Waals surface area (Å²) in [6.07, 6.45) is 0. The van der Waals surface area contributed by atoms with Crippen LogP contribution >= 0.6 is 0 Å². The van der Waals surface area contributed by atoms with Crippen LogP contribution in [0.4, 0.5) is 0 Å². The van der Waals surface area contributed by atoms with Gasteiger partial charge in [-0.1, -0.05) is 26.0 Å². The first kappa shape index (κ1) is 25.0. The standard InChI is InChI=1S/C24H33N3O5S/c1-19(2)20-4-6-22(7-5-20)32-18-24(28)25-12-13-26-14-16-27(17-15-26)33(29,30)23-10-8-21(31-3)9-11-23/h4-11,19H,12-18H2,1-3H3,(H,25,28). The summed E-state index contributed by atoms with van der Waals surface area (Å²) in [4.78, 5) is 14.5. The fourth-order valence-corrected chi connectivity index (χ4v) is 5.01. The number of carbonyl (C=O) groups is 1. The molecule has 9 heteroatoms. The number of benzene rings is 2. The highest BCUT2D eigenvalue weighted by Crippen LogP contribution is 2.21. The van der Waals surface area contributed by atoms with Crippen LogP contribution in [0, 0.1) is 0 Å². The number of rotatable bonds is 10. The van der Waals surface area contributed by atoms with E-state index in [4.69, 9.17) is 9.47 Å². The molecule has 1 amide bonds. The Labute approximate surface area is 196 Å². The Morgan fingerprint density at radius 1 is 0.970 bits per heavy atom. The molecule has 0 bridgehead atoms. The van der Waals surface area contributed by atoms with Crippen LogP contribution < -0.4 is 14.8 Å². The number of amides is 1. The van der Waals surface area contributed by atoms with Crippen LogP contribution in [0.2, 0.25) is 0 Å². The number of ether oxygens (including phenoxy) is 2. The van der Waals surface area contributed by atoms with E-state index in [0.29, 0.717) is 56.7 Å². The Hall–Kier alpha value is -2.62. The number of carbonyl (C=O) groups excluding carboxylic acids is 1. The van der Waals surface area contributed by atoms with Crippen LogP contribution in [0.5, 0.6) is 11.5 Å². The van der Waals surface area contributed by atoms with Crippen molar-refractivity contribution in [2.75, 3.05) is 53.0 Å². The summed E-state index contributed by atoms with van der Waals surface area (Å²) in [6.45, 7) is 7.43. The van der Waals surface area contributed by atoms with E-state index in [1.54, 1.807) is 31.4 Å². The predicted molar refractivity (Wildman–Crippen MR) is 127 cm³/mol. The second-order valence-corrected chi connectivity index (χ2v) is 10.2. The van der Waals surface area contributed by atoms with Crippen molar-refractivity contribution < 1.29 is 22.7 Å². The molecule has 1 fully saturated rings. The Balaban J connectivity index is 1.36. The zero-order valence-corrected chi connectivity index (χ0v) is 20.3. The first-order valence-corrected chi connectivity index (χ1v) is 12.6. The average molecular weight is 476 g/mol. The van der Waals surface area contributed by atoms with Gasteiger partial charge in [-0.05, 0) is 47.9 Å². The van der Waals surface area contributed by atoms with Crippen molar-refractivity contribution >= 4 is 15.9 Å². The third-order valence-corrected chi connectivity index (χ3v) is 7.61. The smallest absolute Gasteiger partial charge is 0.257 e. The molecule has 3 rings (SSSR count). The number of hydrogen-bond donors (Lipinski definition) is 1. The number of methoxy groups -OCH3 is 1. The molecule has 0 aromatic heterocycles. The maximum Gasteiger partial charge on any atom is 0.257 e. The monoisotopic (exact) mass is 475 g/mol. The predicted octanol–water partition coefficient (Wildman–Crippen LogP) is 2.32. The molecule has 0 radical (unpaired) electrons. The van der Waals surface area contributed by atoms with E-state index in [1.807, 2.05) is 24.3 Å². The minimum atomic E-state index is -3.52. The zero-order chi connectivity index (χ0) is 23.8. The van der Waals surface area contributed by atoms with Gasteiger partial charge >= 0.3 is 0 Å². The van der Waals surface area contributed by atoms with E-state index in [1.165, 1.54) is 9.87 Å². The molecule has 2 aromatic carbocycles. The van der Waals surface area contributed by atoms with Crippen molar-refractivity contribution in [2.45, 2.75) is 24.7 Å². The Kier molecular flexibility index (Phi) is 8.71. The molecule has 1 saturated heterocycles. The molecule has 1 aliphatic rings. The third kappa shape index (κ3) is 6.93. The topological polar surface area (TPSA) is 88.2 Å². The number of sulfonamides is 1. The normalized spacial score (nSPS) is 15.4. The summed E-state index contributed by atoms with van der Waals surface area (Å²) in [6, 6.07) is 14.2. The van der Waals surface area contributed by atoms with Gasteiger partial charge in [-0.2, -0.15) is 4.31 Å². The van der Waals surface area contributed by atoms with Gasteiger partial charge in [0.15, 0.2) is 6.61 Å². The third-order valence-electron chi connectivity index (χ3n) is 5.70. The summed E-state index contributed by atoms with van der Waals surface area (Å²) in [5.74, 6) is 1.56. The minimum Gasteiger partial charge on any atom is -0.497 e. The van der Waals surface area contributed by atoms with Gasteiger partial charge in [0.05, 0.1) is 12.0 Å². The Bertz CT molecular complexity index is 999. The zero-order valence-electron chi connectivity index (χ0n) is 19.5. The molecule has 0 atom stereocenters. The van der Waals surface area contributed by atoms with Crippen LogP contribution in [0.15, 0.2) is 53.4 Å². The van der Waals surface area contributed by atoms with Crippen molar-refractivity contribution in [3.8, 4) is 11.5 Å². The number of nitrogens with zero attached hydrogens (tertiary/aromatic N) is 2. The second-order valence-electron chi connectivity index (χ2n) is 8.28. The largest absolute Gasteiger partial charge is 0.497 e. The summed E-state index contributed by atoms with van der Waals surface area (Å²) in [7, 11) is -1.98. The first-order valence-electron chi connectivity index (χ1n) is 11.2. The van der Waals surface area contributed by atoms with Gasteiger partial charge in [0, 0.05) is 39.3 Å². The van der Waals surface area contributed by atoms with Gasteiger partial charge in [0.1, 0.15) is 11.5 Å². The molecule has 0 spiro atoms. The number of hydrogen-bond acceptors (Lipinski definition) is 6. The maximum atomic E-state index is 12.8. The van der Waals surface area contributed by atoms with Crippen LogP contribution in [-0.2, 0) is 14.8 Å². The summed E-state index contributed by atoms with van der Waals surface area (Å²) in [5, 5.41) is 2.86. The highest BCUT2D eigenvalue weighted by atomic mass is 32.2. The maximum absolute atomic E-state index is 12.8. The van der Waals surface area contributed by atoms with E-state index >= 15 is 0 Å². The van der Waals surface area contributed by atoms with Crippen molar-refractivity contribution in [2.24, 2.45) is 0 Å². The molecular weight excluding hydrogens is 442 g/mol. The average Bonchev–Trinajstić information content (AvgIpc) is 2.83. The lowest BCUT2D eigenvalue weighted by Gasteiger charge is -2.34. The van der Waals surface area contributed by atoms with Gasteiger partial charge in [-0.3, -0.25) is 9.69 Å². The summed E-state index contributed by atoms with van der Waals surface area (Å²) in [5.41, 5.74) is 1.23. The quantitative estimate of drug-likeness (QED) is 0.568.